The Morgan fingerprint density at radius 2 is 1.86 bits per heavy atom. The number of hydrogen-bond acceptors (Lipinski definition) is 3. The van der Waals surface area contributed by atoms with Gasteiger partial charge in [-0.3, -0.25) is 14.5 Å². The molecule has 6 nitrogen and oxygen atoms in total. The van der Waals surface area contributed by atoms with Crippen LogP contribution in [0.4, 0.5) is 5.69 Å². The number of carbonyl (C=O) groups is 2. The van der Waals surface area contributed by atoms with E-state index >= 15 is 0 Å². The molecule has 0 spiro atoms. The van der Waals surface area contributed by atoms with Gasteiger partial charge >= 0.3 is 0 Å². The molecule has 0 aliphatic carbocycles. The SMILES string of the molecule is CCn1cc(Br)cc1C(=O)N1CCN(CC(=O)Nc2cccc(C)c2C)CC1. The number of carbonyl (C=O) groups excluding carboxylic acids is 2. The third kappa shape index (κ3) is 4.64. The molecule has 7 heteroatoms. The first-order chi connectivity index (χ1) is 13.4. The lowest BCUT2D eigenvalue weighted by atomic mass is 10.1. The van der Waals surface area contributed by atoms with Crippen LogP contribution < -0.4 is 5.32 Å². The fraction of sp³-hybridized carbons (Fsp3) is 0.429. The quantitative estimate of drug-likeness (QED) is 0.766. The minimum atomic E-state index is -0.0164. The van der Waals surface area contributed by atoms with E-state index in [0.29, 0.717) is 38.4 Å². The Kier molecular flexibility index (Phi) is 6.57. The van der Waals surface area contributed by atoms with Gasteiger partial charge in [0, 0.05) is 49.1 Å². The molecule has 2 amide bonds. The van der Waals surface area contributed by atoms with E-state index in [2.05, 4.69) is 26.1 Å². The monoisotopic (exact) mass is 446 g/mol. The fourth-order valence-electron chi connectivity index (χ4n) is 3.47. The standard InChI is InChI=1S/C21H27BrN4O2/c1-4-25-13-17(22)12-19(25)21(28)26-10-8-24(9-11-26)14-20(27)23-18-7-5-6-15(2)16(18)3/h5-7,12-13H,4,8-11,14H2,1-3H3,(H,23,27). The first-order valence-corrected chi connectivity index (χ1v) is 10.4. The average molecular weight is 447 g/mol. The van der Waals surface area contributed by atoms with Crippen molar-refractivity contribution in [2.24, 2.45) is 0 Å². The van der Waals surface area contributed by atoms with Crippen LogP contribution in [0.25, 0.3) is 0 Å². The summed E-state index contributed by atoms with van der Waals surface area (Å²) in [5.41, 5.74) is 3.82. The van der Waals surface area contributed by atoms with Crippen molar-refractivity contribution < 1.29 is 9.59 Å². The molecule has 3 rings (SSSR count). The van der Waals surface area contributed by atoms with E-state index in [1.807, 2.05) is 60.7 Å². The van der Waals surface area contributed by atoms with Crippen molar-refractivity contribution in [2.75, 3.05) is 38.0 Å². The van der Waals surface area contributed by atoms with E-state index in [0.717, 1.165) is 27.8 Å². The van der Waals surface area contributed by atoms with Crippen LogP contribution in [-0.4, -0.2) is 58.9 Å². The highest BCUT2D eigenvalue weighted by Crippen LogP contribution is 2.19. The number of aromatic nitrogens is 1. The predicted octanol–water partition coefficient (Wildman–Crippen LogP) is 3.28. The Balaban J connectivity index is 1.53. The molecule has 1 aromatic carbocycles. The van der Waals surface area contributed by atoms with Crippen molar-refractivity contribution in [3.05, 3.63) is 51.8 Å². The van der Waals surface area contributed by atoms with Gasteiger partial charge in [-0.1, -0.05) is 12.1 Å². The summed E-state index contributed by atoms with van der Waals surface area (Å²) in [4.78, 5) is 29.2. The van der Waals surface area contributed by atoms with Gasteiger partial charge in [0.1, 0.15) is 5.69 Å². The Labute approximate surface area is 174 Å². The Morgan fingerprint density at radius 3 is 2.54 bits per heavy atom. The van der Waals surface area contributed by atoms with Crippen LogP contribution >= 0.6 is 15.9 Å². The van der Waals surface area contributed by atoms with Gasteiger partial charge in [-0.2, -0.15) is 0 Å². The Hall–Kier alpha value is -2.12. The third-order valence-corrected chi connectivity index (χ3v) is 5.76. The molecule has 2 heterocycles. The molecule has 28 heavy (non-hydrogen) atoms. The zero-order valence-electron chi connectivity index (χ0n) is 16.7. The van der Waals surface area contributed by atoms with Gasteiger partial charge in [0.2, 0.25) is 5.91 Å². The van der Waals surface area contributed by atoms with Gasteiger partial charge in [0.15, 0.2) is 0 Å². The molecule has 0 bridgehead atoms. The second-order valence-corrected chi connectivity index (χ2v) is 8.11. The van der Waals surface area contributed by atoms with Crippen LogP contribution in [0.1, 0.15) is 28.5 Å². The minimum Gasteiger partial charge on any atom is -0.343 e. The maximum Gasteiger partial charge on any atom is 0.270 e. The van der Waals surface area contributed by atoms with E-state index < -0.39 is 0 Å². The zero-order chi connectivity index (χ0) is 20.3. The molecule has 1 N–H and O–H groups in total. The van der Waals surface area contributed by atoms with Crippen molar-refractivity contribution in [1.82, 2.24) is 14.4 Å². The molecule has 1 aliphatic heterocycles. The number of benzene rings is 1. The molecule has 1 fully saturated rings. The van der Waals surface area contributed by atoms with Crippen LogP contribution in [0.15, 0.2) is 34.9 Å². The van der Waals surface area contributed by atoms with Gasteiger partial charge in [-0.05, 0) is 60.0 Å². The highest BCUT2D eigenvalue weighted by Gasteiger charge is 2.25. The van der Waals surface area contributed by atoms with E-state index in [-0.39, 0.29) is 11.8 Å². The number of hydrogen-bond donors (Lipinski definition) is 1. The summed E-state index contributed by atoms with van der Waals surface area (Å²) in [5, 5.41) is 3.01. The van der Waals surface area contributed by atoms with Crippen LogP contribution in [-0.2, 0) is 11.3 Å². The van der Waals surface area contributed by atoms with Crippen LogP contribution in [0.5, 0.6) is 0 Å². The molecule has 0 radical (unpaired) electrons. The summed E-state index contributed by atoms with van der Waals surface area (Å²) >= 11 is 3.45. The summed E-state index contributed by atoms with van der Waals surface area (Å²) in [7, 11) is 0. The first-order valence-electron chi connectivity index (χ1n) is 9.62. The largest absolute Gasteiger partial charge is 0.343 e. The van der Waals surface area contributed by atoms with Crippen molar-refractivity contribution in [1.29, 1.82) is 0 Å². The van der Waals surface area contributed by atoms with E-state index in [4.69, 9.17) is 0 Å². The average Bonchev–Trinajstić information content (AvgIpc) is 3.06. The van der Waals surface area contributed by atoms with Crippen molar-refractivity contribution in [2.45, 2.75) is 27.3 Å². The second-order valence-electron chi connectivity index (χ2n) is 7.19. The molecule has 1 aromatic heterocycles. The molecular weight excluding hydrogens is 420 g/mol. The Morgan fingerprint density at radius 1 is 1.14 bits per heavy atom. The second kappa shape index (κ2) is 8.92. The van der Waals surface area contributed by atoms with Crippen molar-refractivity contribution in [3.63, 3.8) is 0 Å². The summed E-state index contributed by atoms with van der Waals surface area (Å²) in [6.07, 6.45) is 1.93. The van der Waals surface area contributed by atoms with Gasteiger partial charge < -0.3 is 14.8 Å². The number of rotatable bonds is 5. The molecule has 0 atom stereocenters. The van der Waals surface area contributed by atoms with Gasteiger partial charge in [-0.25, -0.2) is 0 Å². The third-order valence-electron chi connectivity index (χ3n) is 5.33. The molecule has 0 saturated carbocycles. The van der Waals surface area contributed by atoms with Crippen LogP contribution in [0.3, 0.4) is 0 Å². The highest BCUT2D eigenvalue weighted by atomic mass is 79.9. The van der Waals surface area contributed by atoms with Crippen LogP contribution in [0, 0.1) is 13.8 Å². The van der Waals surface area contributed by atoms with Crippen molar-refractivity contribution >= 4 is 33.4 Å². The predicted molar refractivity (Wildman–Crippen MR) is 115 cm³/mol. The summed E-state index contributed by atoms with van der Waals surface area (Å²) < 4.78 is 2.87. The molecular formula is C21H27BrN4O2. The van der Waals surface area contributed by atoms with Crippen molar-refractivity contribution in [3.8, 4) is 0 Å². The topological polar surface area (TPSA) is 57.6 Å². The number of nitrogens with one attached hydrogen (secondary N) is 1. The number of aryl methyl sites for hydroxylation is 2. The summed E-state index contributed by atoms with van der Waals surface area (Å²) in [6, 6.07) is 7.79. The van der Waals surface area contributed by atoms with E-state index in [1.54, 1.807) is 0 Å². The maximum atomic E-state index is 12.8. The van der Waals surface area contributed by atoms with Gasteiger partial charge in [0.25, 0.3) is 5.91 Å². The summed E-state index contributed by atoms with van der Waals surface area (Å²) in [5.74, 6) is 0.0318. The highest BCUT2D eigenvalue weighted by molar-refractivity contribution is 9.10. The lowest BCUT2D eigenvalue weighted by Crippen LogP contribution is -2.50. The fourth-order valence-corrected chi connectivity index (χ4v) is 3.93. The zero-order valence-corrected chi connectivity index (χ0v) is 18.3. The molecule has 2 aromatic rings. The number of piperazine rings is 1. The number of halogens is 1. The molecule has 1 saturated heterocycles. The summed E-state index contributed by atoms with van der Waals surface area (Å²) in [6.45, 7) is 9.81. The van der Waals surface area contributed by atoms with E-state index in [9.17, 15) is 9.59 Å². The molecule has 150 valence electrons. The molecule has 0 unspecified atom stereocenters. The lowest BCUT2D eigenvalue weighted by Gasteiger charge is -2.34. The maximum absolute atomic E-state index is 12.8. The number of amides is 2. The first kappa shape index (κ1) is 20.6. The normalized spacial score (nSPS) is 14.9. The minimum absolute atomic E-state index is 0.0164. The molecule has 1 aliphatic rings. The van der Waals surface area contributed by atoms with Gasteiger partial charge in [-0.15, -0.1) is 0 Å². The van der Waals surface area contributed by atoms with Gasteiger partial charge in [0.05, 0.1) is 6.54 Å². The lowest BCUT2D eigenvalue weighted by molar-refractivity contribution is -0.117. The number of anilines is 1. The van der Waals surface area contributed by atoms with Crippen LogP contribution in [0.2, 0.25) is 0 Å². The van der Waals surface area contributed by atoms with E-state index in [1.165, 1.54) is 0 Å². The number of nitrogens with zero attached hydrogens (tertiary/aromatic N) is 3. The Bertz CT molecular complexity index is 869. The smallest absolute Gasteiger partial charge is 0.270 e.